The topological polar surface area (TPSA) is 32.3 Å². The molecule has 0 aromatic heterocycles. The number of rotatable bonds is 3. The number of phenols is 1. The molecule has 2 rings (SSSR count). The van der Waals surface area contributed by atoms with Crippen LogP contribution in [0.4, 0.5) is 5.69 Å². The number of aromatic hydroxyl groups is 1. The summed E-state index contributed by atoms with van der Waals surface area (Å²) >= 11 is 11.7. The van der Waals surface area contributed by atoms with Crippen LogP contribution in [-0.2, 0) is 6.54 Å². The van der Waals surface area contributed by atoms with Gasteiger partial charge in [-0.2, -0.15) is 0 Å². The summed E-state index contributed by atoms with van der Waals surface area (Å²) in [5.74, 6) is 0.115. The Labute approximate surface area is 110 Å². The molecule has 0 atom stereocenters. The Balaban J connectivity index is 2.10. The number of nitrogens with one attached hydrogen (secondary N) is 1. The van der Waals surface area contributed by atoms with Gasteiger partial charge in [-0.1, -0.05) is 41.4 Å². The number of phenolic OH excluding ortho intramolecular Hbond substituents is 1. The van der Waals surface area contributed by atoms with Crippen LogP contribution in [0.25, 0.3) is 0 Å². The molecule has 0 aliphatic rings. The van der Waals surface area contributed by atoms with Crippen molar-refractivity contribution < 1.29 is 5.11 Å². The lowest BCUT2D eigenvalue weighted by molar-refractivity contribution is 0.469. The van der Waals surface area contributed by atoms with Gasteiger partial charge in [-0.05, 0) is 24.3 Å². The van der Waals surface area contributed by atoms with Gasteiger partial charge in [-0.15, -0.1) is 0 Å². The molecule has 2 aromatic carbocycles. The average molecular weight is 268 g/mol. The van der Waals surface area contributed by atoms with Crippen molar-refractivity contribution in [3.63, 3.8) is 0 Å². The maximum Gasteiger partial charge on any atom is 0.139 e. The van der Waals surface area contributed by atoms with Crippen LogP contribution in [0.2, 0.25) is 10.0 Å². The first-order valence-corrected chi connectivity index (χ1v) is 5.88. The maximum atomic E-state index is 9.73. The molecule has 2 aromatic rings. The third-order valence-electron chi connectivity index (χ3n) is 2.38. The summed E-state index contributed by atoms with van der Waals surface area (Å²) in [6, 6.07) is 12.7. The SMILES string of the molecule is Oc1c(Cl)cccc1CNc1cccc(Cl)c1. The number of hydrogen-bond acceptors (Lipinski definition) is 2. The molecule has 4 heteroatoms. The zero-order valence-corrected chi connectivity index (χ0v) is 10.5. The summed E-state index contributed by atoms with van der Waals surface area (Å²) in [7, 11) is 0. The lowest BCUT2D eigenvalue weighted by Gasteiger charge is -2.09. The van der Waals surface area contributed by atoms with E-state index in [9.17, 15) is 5.11 Å². The minimum atomic E-state index is 0.115. The summed E-state index contributed by atoms with van der Waals surface area (Å²) in [5.41, 5.74) is 1.65. The number of hydrogen-bond donors (Lipinski definition) is 2. The van der Waals surface area contributed by atoms with Crippen LogP contribution in [0.5, 0.6) is 5.75 Å². The number of anilines is 1. The second-order valence-corrected chi connectivity index (χ2v) is 4.46. The predicted molar refractivity (Wildman–Crippen MR) is 71.9 cm³/mol. The fourth-order valence-electron chi connectivity index (χ4n) is 1.50. The van der Waals surface area contributed by atoms with E-state index in [0.717, 1.165) is 11.3 Å². The Morgan fingerprint density at radius 1 is 1.06 bits per heavy atom. The van der Waals surface area contributed by atoms with Gasteiger partial charge in [0, 0.05) is 22.8 Å². The van der Waals surface area contributed by atoms with E-state index in [1.54, 1.807) is 12.1 Å². The van der Waals surface area contributed by atoms with Crippen LogP contribution in [0.1, 0.15) is 5.56 Å². The van der Waals surface area contributed by atoms with E-state index in [1.165, 1.54) is 0 Å². The molecule has 2 N–H and O–H groups in total. The summed E-state index contributed by atoms with van der Waals surface area (Å²) in [4.78, 5) is 0. The highest BCUT2D eigenvalue weighted by molar-refractivity contribution is 6.32. The Kier molecular flexibility index (Phi) is 3.77. The van der Waals surface area contributed by atoms with E-state index < -0.39 is 0 Å². The quantitative estimate of drug-likeness (QED) is 0.869. The summed E-state index contributed by atoms with van der Waals surface area (Å²) in [5, 5.41) is 13.9. The van der Waals surface area contributed by atoms with Crippen molar-refractivity contribution in [3.05, 3.63) is 58.1 Å². The fourth-order valence-corrected chi connectivity index (χ4v) is 1.88. The first kappa shape index (κ1) is 12.1. The minimum absolute atomic E-state index is 0.115. The van der Waals surface area contributed by atoms with Crippen molar-refractivity contribution in [1.29, 1.82) is 0 Å². The lowest BCUT2D eigenvalue weighted by atomic mass is 10.2. The largest absolute Gasteiger partial charge is 0.506 e. The van der Waals surface area contributed by atoms with Gasteiger partial charge >= 0.3 is 0 Å². The second kappa shape index (κ2) is 5.30. The van der Waals surface area contributed by atoms with E-state index in [-0.39, 0.29) is 5.75 Å². The van der Waals surface area contributed by atoms with E-state index in [0.29, 0.717) is 16.6 Å². The normalized spacial score (nSPS) is 10.2. The summed E-state index contributed by atoms with van der Waals surface area (Å²) < 4.78 is 0. The van der Waals surface area contributed by atoms with Gasteiger partial charge in [0.1, 0.15) is 5.75 Å². The van der Waals surface area contributed by atoms with Crippen molar-refractivity contribution in [3.8, 4) is 5.75 Å². The standard InChI is InChI=1S/C13H11Cl2NO/c14-10-4-2-5-11(7-10)16-8-9-3-1-6-12(15)13(9)17/h1-7,16-17H,8H2. The Bertz CT molecular complexity index is 529. The molecule has 0 unspecified atom stereocenters. The summed E-state index contributed by atoms with van der Waals surface area (Å²) in [6.45, 7) is 0.493. The molecule has 0 amide bonds. The molecule has 0 spiro atoms. The molecule has 17 heavy (non-hydrogen) atoms. The van der Waals surface area contributed by atoms with Crippen molar-refractivity contribution in [2.24, 2.45) is 0 Å². The first-order chi connectivity index (χ1) is 8.16. The Morgan fingerprint density at radius 2 is 1.82 bits per heavy atom. The highest BCUT2D eigenvalue weighted by atomic mass is 35.5. The number of para-hydroxylation sites is 1. The van der Waals surface area contributed by atoms with Crippen LogP contribution in [0, 0.1) is 0 Å². The lowest BCUT2D eigenvalue weighted by Crippen LogP contribution is -1.99. The Morgan fingerprint density at radius 3 is 2.59 bits per heavy atom. The van der Waals surface area contributed by atoms with Gasteiger partial charge in [0.15, 0.2) is 0 Å². The molecule has 0 aliphatic heterocycles. The summed E-state index contributed by atoms with van der Waals surface area (Å²) in [6.07, 6.45) is 0. The predicted octanol–water partition coefficient (Wildman–Crippen LogP) is 4.31. The molecule has 0 aliphatic carbocycles. The van der Waals surface area contributed by atoms with Crippen molar-refractivity contribution >= 4 is 28.9 Å². The van der Waals surface area contributed by atoms with Crippen LogP contribution < -0.4 is 5.32 Å². The molecule has 0 heterocycles. The van der Waals surface area contributed by atoms with Crippen LogP contribution in [0.3, 0.4) is 0 Å². The highest BCUT2D eigenvalue weighted by Gasteiger charge is 2.04. The molecular formula is C13H11Cl2NO. The number of halogens is 2. The van der Waals surface area contributed by atoms with E-state index in [4.69, 9.17) is 23.2 Å². The molecule has 0 fully saturated rings. The van der Waals surface area contributed by atoms with Gasteiger partial charge in [0.25, 0.3) is 0 Å². The smallest absolute Gasteiger partial charge is 0.139 e. The first-order valence-electron chi connectivity index (χ1n) is 5.12. The van der Waals surface area contributed by atoms with Crippen molar-refractivity contribution in [2.75, 3.05) is 5.32 Å². The van der Waals surface area contributed by atoms with Gasteiger partial charge < -0.3 is 10.4 Å². The third kappa shape index (κ3) is 3.05. The monoisotopic (exact) mass is 267 g/mol. The van der Waals surface area contributed by atoms with Gasteiger partial charge in [-0.3, -0.25) is 0 Å². The molecule has 88 valence electrons. The van der Waals surface area contributed by atoms with Crippen LogP contribution >= 0.6 is 23.2 Å². The third-order valence-corrected chi connectivity index (χ3v) is 2.92. The maximum absolute atomic E-state index is 9.73. The van der Waals surface area contributed by atoms with E-state index >= 15 is 0 Å². The molecule has 0 saturated carbocycles. The van der Waals surface area contributed by atoms with Gasteiger partial charge in [0.05, 0.1) is 5.02 Å². The zero-order chi connectivity index (χ0) is 12.3. The zero-order valence-electron chi connectivity index (χ0n) is 8.95. The molecule has 0 bridgehead atoms. The van der Waals surface area contributed by atoms with Crippen LogP contribution in [0.15, 0.2) is 42.5 Å². The average Bonchev–Trinajstić information content (AvgIpc) is 2.31. The molecule has 0 saturated heterocycles. The van der Waals surface area contributed by atoms with Crippen molar-refractivity contribution in [1.82, 2.24) is 0 Å². The fraction of sp³-hybridized carbons (Fsp3) is 0.0769. The second-order valence-electron chi connectivity index (χ2n) is 3.61. The molecule has 2 nitrogen and oxygen atoms in total. The highest BCUT2D eigenvalue weighted by Crippen LogP contribution is 2.27. The number of benzene rings is 2. The van der Waals surface area contributed by atoms with E-state index in [2.05, 4.69) is 5.32 Å². The van der Waals surface area contributed by atoms with E-state index in [1.807, 2.05) is 30.3 Å². The van der Waals surface area contributed by atoms with Crippen molar-refractivity contribution in [2.45, 2.75) is 6.54 Å². The van der Waals surface area contributed by atoms with Crippen LogP contribution in [-0.4, -0.2) is 5.11 Å². The minimum Gasteiger partial charge on any atom is -0.506 e. The Hall–Kier alpha value is -1.38. The van der Waals surface area contributed by atoms with Gasteiger partial charge in [-0.25, -0.2) is 0 Å². The molecular weight excluding hydrogens is 257 g/mol. The molecule has 0 radical (unpaired) electrons. The van der Waals surface area contributed by atoms with Gasteiger partial charge in [0.2, 0.25) is 0 Å².